The molecule has 0 saturated heterocycles. The molecular formula is C13H19N3O. The minimum absolute atomic E-state index is 0.203. The maximum absolute atomic E-state index is 11.4. The first-order chi connectivity index (χ1) is 8.15. The lowest BCUT2D eigenvalue weighted by Crippen LogP contribution is -2.29. The van der Waals surface area contributed by atoms with Crippen LogP contribution in [0.5, 0.6) is 0 Å². The maximum atomic E-state index is 11.4. The average molecular weight is 233 g/mol. The molecular weight excluding hydrogens is 214 g/mol. The molecule has 1 aromatic rings. The van der Waals surface area contributed by atoms with E-state index in [9.17, 15) is 4.79 Å². The van der Waals surface area contributed by atoms with Gasteiger partial charge in [-0.3, -0.25) is 9.78 Å². The topological polar surface area (TPSA) is 54.0 Å². The van der Waals surface area contributed by atoms with Crippen LogP contribution in [0.15, 0.2) is 12.1 Å². The van der Waals surface area contributed by atoms with Gasteiger partial charge in [0.2, 0.25) is 5.91 Å². The van der Waals surface area contributed by atoms with Crippen LogP contribution in [0.4, 0.5) is 5.69 Å². The highest BCUT2D eigenvalue weighted by Crippen LogP contribution is 2.28. The molecule has 1 fully saturated rings. The highest BCUT2D eigenvalue weighted by molar-refractivity contribution is 5.80. The Bertz CT molecular complexity index is 393. The Balaban J connectivity index is 1.71. The zero-order chi connectivity index (χ0) is 12.3. The van der Waals surface area contributed by atoms with Gasteiger partial charge in [0, 0.05) is 36.1 Å². The molecule has 0 aromatic carbocycles. The van der Waals surface area contributed by atoms with Crippen LogP contribution < -0.4 is 10.6 Å². The lowest BCUT2D eigenvalue weighted by atomic mass is 10.3. The number of pyridine rings is 1. The summed E-state index contributed by atoms with van der Waals surface area (Å²) in [5.41, 5.74) is 3.08. The third-order valence-electron chi connectivity index (χ3n) is 2.78. The fourth-order valence-electron chi connectivity index (χ4n) is 1.82. The molecule has 4 nitrogen and oxygen atoms in total. The van der Waals surface area contributed by atoms with E-state index in [0.29, 0.717) is 12.5 Å². The molecule has 0 radical (unpaired) electrons. The molecule has 17 heavy (non-hydrogen) atoms. The molecule has 2 N–H and O–H groups in total. The van der Waals surface area contributed by atoms with E-state index in [2.05, 4.69) is 15.6 Å². The van der Waals surface area contributed by atoms with Crippen molar-refractivity contribution in [3.63, 3.8) is 0 Å². The largest absolute Gasteiger partial charge is 0.383 e. The molecule has 0 aliphatic heterocycles. The fraction of sp³-hybridized carbons (Fsp3) is 0.538. The Morgan fingerprint density at radius 3 is 2.53 bits per heavy atom. The second-order valence-corrected chi connectivity index (χ2v) is 4.63. The van der Waals surface area contributed by atoms with Gasteiger partial charge in [-0.25, -0.2) is 0 Å². The molecule has 1 aliphatic rings. The van der Waals surface area contributed by atoms with E-state index < -0.39 is 0 Å². The molecule has 4 heteroatoms. The normalized spacial score (nSPS) is 14.5. The summed E-state index contributed by atoms with van der Waals surface area (Å²) >= 11 is 0. The number of amides is 1. The van der Waals surface area contributed by atoms with E-state index in [1.54, 1.807) is 0 Å². The van der Waals surface area contributed by atoms with Crippen molar-refractivity contribution in [3.05, 3.63) is 23.5 Å². The van der Waals surface area contributed by atoms with Crippen LogP contribution >= 0.6 is 0 Å². The maximum Gasteiger partial charge on any atom is 0.223 e. The number of carbonyl (C=O) groups excluding carboxylic acids is 1. The van der Waals surface area contributed by atoms with E-state index in [0.717, 1.165) is 36.5 Å². The Morgan fingerprint density at radius 1 is 1.29 bits per heavy atom. The second kappa shape index (κ2) is 5.17. The van der Waals surface area contributed by atoms with Gasteiger partial charge in [-0.05, 0) is 38.8 Å². The van der Waals surface area contributed by atoms with Crippen LogP contribution in [0.25, 0.3) is 0 Å². The standard InChI is InChI=1S/C13H19N3O/c1-9-7-12(8-10(2)16-9)14-5-6-15-13(17)11-3-4-11/h7-8,11H,3-6H2,1-2H3,(H,14,16)(H,15,17). The van der Waals surface area contributed by atoms with Crippen molar-refractivity contribution in [3.8, 4) is 0 Å². The quantitative estimate of drug-likeness (QED) is 0.760. The number of aryl methyl sites for hydroxylation is 2. The molecule has 1 amide bonds. The van der Waals surface area contributed by atoms with Crippen LogP contribution in [-0.2, 0) is 4.79 Å². The second-order valence-electron chi connectivity index (χ2n) is 4.63. The summed E-state index contributed by atoms with van der Waals surface area (Å²) in [5.74, 6) is 0.495. The fourth-order valence-corrected chi connectivity index (χ4v) is 1.82. The van der Waals surface area contributed by atoms with Crippen molar-refractivity contribution in [1.82, 2.24) is 10.3 Å². The summed E-state index contributed by atoms with van der Waals surface area (Å²) in [6.07, 6.45) is 2.12. The predicted octanol–water partition coefficient (Wildman–Crippen LogP) is 1.64. The van der Waals surface area contributed by atoms with Crippen molar-refractivity contribution < 1.29 is 4.79 Å². The van der Waals surface area contributed by atoms with Gasteiger partial charge < -0.3 is 10.6 Å². The molecule has 0 spiro atoms. The van der Waals surface area contributed by atoms with Gasteiger partial charge >= 0.3 is 0 Å². The Labute approximate surface area is 102 Å². The molecule has 2 rings (SSSR count). The van der Waals surface area contributed by atoms with E-state index in [4.69, 9.17) is 0 Å². The van der Waals surface area contributed by atoms with E-state index in [-0.39, 0.29) is 5.91 Å². The van der Waals surface area contributed by atoms with Gasteiger partial charge in [0.15, 0.2) is 0 Å². The third kappa shape index (κ3) is 3.73. The van der Waals surface area contributed by atoms with Gasteiger partial charge in [0.25, 0.3) is 0 Å². The zero-order valence-corrected chi connectivity index (χ0v) is 10.4. The van der Waals surface area contributed by atoms with E-state index >= 15 is 0 Å². The van der Waals surface area contributed by atoms with Gasteiger partial charge in [-0.2, -0.15) is 0 Å². The van der Waals surface area contributed by atoms with Crippen LogP contribution in [0.3, 0.4) is 0 Å². The smallest absolute Gasteiger partial charge is 0.223 e. The molecule has 1 aromatic heterocycles. The van der Waals surface area contributed by atoms with Crippen molar-refractivity contribution in [2.24, 2.45) is 5.92 Å². The van der Waals surface area contributed by atoms with Crippen molar-refractivity contribution in [2.75, 3.05) is 18.4 Å². The summed E-state index contributed by atoms with van der Waals surface area (Å²) in [7, 11) is 0. The number of carbonyl (C=O) groups is 1. The van der Waals surface area contributed by atoms with Crippen molar-refractivity contribution >= 4 is 11.6 Å². The Hall–Kier alpha value is -1.58. The number of nitrogens with one attached hydrogen (secondary N) is 2. The summed E-state index contributed by atoms with van der Waals surface area (Å²) in [5, 5.41) is 6.21. The third-order valence-corrected chi connectivity index (χ3v) is 2.78. The van der Waals surface area contributed by atoms with Gasteiger partial charge in [0.1, 0.15) is 0 Å². The molecule has 1 aliphatic carbocycles. The minimum Gasteiger partial charge on any atom is -0.383 e. The summed E-state index contributed by atoms with van der Waals surface area (Å²) < 4.78 is 0. The zero-order valence-electron chi connectivity index (χ0n) is 10.4. The van der Waals surface area contributed by atoms with Gasteiger partial charge in [-0.1, -0.05) is 0 Å². The molecule has 92 valence electrons. The van der Waals surface area contributed by atoms with Crippen molar-refractivity contribution in [1.29, 1.82) is 0 Å². The number of aromatic nitrogens is 1. The highest BCUT2D eigenvalue weighted by Gasteiger charge is 2.28. The highest BCUT2D eigenvalue weighted by atomic mass is 16.2. The molecule has 0 atom stereocenters. The molecule has 0 unspecified atom stereocenters. The minimum atomic E-state index is 0.203. The Kier molecular flexibility index (Phi) is 3.61. The van der Waals surface area contributed by atoms with Crippen LogP contribution in [0.2, 0.25) is 0 Å². The first-order valence-electron chi connectivity index (χ1n) is 6.12. The SMILES string of the molecule is Cc1cc(NCCNC(=O)C2CC2)cc(C)n1. The first-order valence-corrected chi connectivity index (χ1v) is 6.12. The van der Waals surface area contributed by atoms with Gasteiger partial charge in [0.05, 0.1) is 0 Å². The van der Waals surface area contributed by atoms with Crippen LogP contribution in [0, 0.1) is 19.8 Å². The average Bonchev–Trinajstić information content (AvgIpc) is 3.06. The van der Waals surface area contributed by atoms with Crippen molar-refractivity contribution in [2.45, 2.75) is 26.7 Å². The Morgan fingerprint density at radius 2 is 1.94 bits per heavy atom. The number of nitrogens with zero attached hydrogens (tertiary/aromatic N) is 1. The predicted molar refractivity (Wildman–Crippen MR) is 67.9 cm³/mol. The van der Waals surface area contributed by atoms with E-state index in [1.165, 1.54) is 0 Å². The number of anilines is 1. The molecule has 1 saturated carbocycles. The lowest BCUT2D eigenvalue weighted by Gasteiger charge is -2.09. The van der Waals surface area contributed by atoms with Gasteiger partial charge in [-0.15, -0.1) is 0 Å². The molecule has 1 heterocycles. The van der Waals surface area contributed by atoms with E-state index in [1.807, 2.05) is 26.0 Å². The lowest BCUT2D eigenvalue weighted by molar-refractivity contribution is -0.122. The number of hydrogen-bond donors (Lipinski definition) is 2. The first kappa shape index (κ1) is 11.9. The van der Waals surface area contributed by atoms with Crippen LogP contribution in [-0.4, -0.2) is 24.0 Å². The molecule has 0 bridgehead atoms. The summed E-state index contributed by atoms with van der Waals surface area (Å²) in [6, 6.07) is 4.02. The number of rotatable bonds is 5. The monoisotopic (exact) mass is 233 g/mol. The number of hydrogen-bond acceptors (Lipinski definition) is 3. The van der Waals surface area contributed by atoms with Crippen LogP contribution in [0.1, 0.15) is 24.2 Å². The summed E-state index contributed by atoms with van der Waals surface area (Å²) in [6.45, 7) is 5.39. The summed E-state index contributed by atoms with van der Waals surface area (Å²) in [4.78, 5) is 15.7.